The van der Waals surface area contributed by atoms with E-state index in [0.29, 0.717) is 0 Å². The number of hydrogen-bond acceptors (Lipinski definition) is 0. The molecule has 1 heterocycles. The van der Waals surface area contributed by atoms with Crippen LogP contribution in [-0.2, 0) is 103 Å². The molecule has 13 aromatic rings. The third-order valence-corrected chi connectivity index (χ3v) is 29.3. The van der Waals surface area contributed by atoms with Gasteiger partial charge in [-0.2, -0.15) is 0 Å². The summed E-state index contributed by atoms with van der Waals surface area (Å²) in [6, 6.07) is 113. The van der Waals surface area contributed by atoms with Crippen LogP contribution in [0.5, 0.6) is 0 Å². The Labute approximate surface area is 656 Å². The van der Waals surface area contributed by atoms with E-state index in [1.165, 1.54) is 115 Å². The minimum Gasteiger partial charge on any atom is -0.366 e. The second-order valence-corrected chi connectivity index (χ2v) is 34.1. The Hall–Kier alpha value is -6.64. The first kappa shape index (κ1) is 79.7. The summed E-state index contributed by atoms with van der Waals surface area (Å²) in [6.07, 6.45) is 40.0. The molecule has 502 valence electrons. The van der Waals surface area contributed by atoms with Crippen molar-refractivity contribution in [2.45, 2.75) is 32.1 Å². The molecule has 0 spiro atoms. The fraction of sp³-hybridized carbons (Fsp3) is 0.111. The Morgan fingerprint density at radius 2 is 0.556 bits per heavy atom. The van der Waals surface area contributed by atoms with E-state index in [-0.39, 0.29) is 89.5 Å². The van der Waals surface area contributed by atoms with Crippen molar-refractivity contribution in [3.05, 3.63) is 375 Å². The van der Waals surface area contributed by atoms with Crippen LogP contribution in [-0.4, -0.2) is 29.2 Å². The van der Waals surface area contributed by atoms with Crippen LogP contribution in [0.4, 0.5) is 0 Å². The number of nitrogens with zero attached hydrogens (tertiary/aromatic N) is 1. The predicted octanol–water partition coefficient (Wildman–Crippen LogP) is 17.3. The third kappa shape index (κ3) is 21.7. The molecule has 0 saturated carbocycles. The maximum atomic E-state index is 7.21. The number of fused-ring (bicyclic) bond motifs is 6. The van der Waals surface area contributed by atoms with E-state index in [4.69, 9.17) is 25.7 Å². The first-order valence-electron chi connectivity index (χ1n) is 32.8. The Balaban J connectivity index is 0.000000188. The zero-order chi connectivity index (χ0) is 65.4. The molecule has 14 rings (SSSR count). The largest absolute Gasteiger partial charge is 1.00 e. The van der Waals surface area contributed by atoms with Crippen LogP contribution in [0.2, 0.25) is 0 Å². The summed E-state index contributed by atoms with van der Waals surface area (Å²) < 4.78 is 2.10. The minimum atomic E-state index is -0.714. The van der Waals surface area contributed by atoms with E-state index in [0.717, 1.165) is 50.5 Å². The first-order valence-corrected chi connectivity index (χ1v) is 39.6. The number of aryl methyl sites for hydroxylation is 1. The molecule has 9 heteroatoms. The van der Waals surface area contributed by atoms with Gasteiger partial charge in [-0.1, -0.05) is 175 Å². The Morgan fingerprint density at radius 3 is 0.889 bits per heavy atom. The van der Waals surface area contributed by atoms with Gasteiger partial charge in [-0.25, -0.2) is 0 Å². The third-order valence-electron chi connectivity index (χ3n) is 17.7. The smallest absolute Gasteiger partial charge is 0.366 e. The van der Waals surface area contributed by atoms with Gasteiger partial charge >= 0.3 is 89.5 Å². The van der Waals surface area contributed by atoms with Gasteiger partial charge in [0.05, 0.1) is 98.8 Å². The van der Waals surface area contributed by atoms with Crippen molar-refractivity contribution in [2.75, 3.05) is 24.6 Å². The van der Waals surface area contributed by atoms with E-state index in [9.17, 15) is 0 Å². The molecular formula is C90H77Au4NP4+4. The van der Waals surface area contributed by atoms with Crippen molar-refractivity contribution in [1.82, 2.24) is 4.57 Å². The van der Waals surface area contributed by atoms with E-state index < -0.39 is 31.7 Å². The number of hydrogen-bond donors (Lipinski definition) is 0. The van der Waals surface area contributed by atoms with Crippen LogP contribution < -0.4 is 42.4 Å². The Kier molecular flexibility index (Phi) is 33.8. The van der Waals surface area contributed by atoms with Crippen molar-refractivity contribution >= 4 is 95.9 Å². The molecule has 0 amide bonds. The zero-order valence-electron chi connectivity index (χ0n) is 55.0. The molecule has 0 radical (unpaired) electrons. The second-order valence-electron chi connectivity index (χ2n) is 23.7. The number of benzene rings is 12. The number of rotatable bonds is 18. The molecule has 1 aromatic heterocycles. The van der Waals surface area contributed by atoms with Crippen LogP contribution in [0.25, 0.3) is 32.9 Å². The minimum absolute atomic E-state index is 0. The molecule has 0 N–H and O–H groups in total. The van der Waals surface area contributed by atoms with Crippen molar-refractivity contribution in [3.63, 3.8) is 0 Å². The van der Waals surface area contributed by atoms with Gasteiger partial charge in [0.1, 0.15) is 0 Å². The molecule has 1 nitrogen and oxygen atoms in total. The normalized spacial score (nSPS) is 10.6. The molecular weight excluding hydrogens is 2010 g/mol. The standard InChI is InChI=1S/2C28H28P2.C17H9N.C17H8.4Au/c2*1-5-15-25(16-6-1)29(26-17-7-2-8-18-26)23-13-14-24-30(27-19-9-3-10-20-27)28-21-11-4-12-22-28;1-4-12-7-9-16-15(10-12)14-8-6-13(5-2)11-17(14)18(16)3;1-3-12-6-8-16-15(9-12)11-14-7-5-13(4-2)10-17(14)16;;;;/h2*1-12,15-22H,13-14,23-24H2;6-11H,3H3;5-10H,11H2;;;;/q;;2*-2;4*+1/p+4. The summed E-state index contributed by atoms with van der Waals surface area (Å²) in [5.41, 5.74) is 10.3. The Bertz CT molecular complexity index is 4260. The molecule has 0 unspecified atom stereocenters. The summed E-state index contributed by atoms with van der Waals surface area (Å²) >= 11 is 0. The number of unbranched alkanes of at least 4 members (excludes halogenated alkanes) is 2. The van der Waals surface area contributed by atoms with Gasteiger partial charge in [0.25, 0.3) is 0 Å². The molecule has 1 aliphatic rings. The summed E-state index contributed by atoms with van der Waals surface area (Å²) in [5, 5.41) is 14.5. The van der Waals surface area contributed by atoms with E-state index in [2.05, 4.69) is 277 Å². The van der Waals surface area contributed by atoms with Crippen LogP contribution in [0, 0.1) is 49.4 Å². The first-order chi connectivity index (χ1) is 46.9. The van der Waals surface area contributed by atoms with Crippen molar-refractivity contribution in [3.8, 4) is 34.8 Å². The average molecular weight is 2080 g/mol. The molecule has 0 bridgehead atoms. The monoisotopic (exact) mass is 2080 g/mol. The van der Waals surface area contributed by atoms with Crippen LogP contribution in [0.15, 0.2) is 315 Å². The molecule has 1 aliphatic carbocycles. The van der Waals surface area contributed by atoms with Gasteiger partial charge in [0.2, 0.25) is 0 Å². The van der Waals surface area contributed by atoms with Gasteiger partial charge in [-0.15, -0.1) is 70.8 Å². The predicted molar refractivity (Wildman–Crippen MR) is 420 cm³/mol. The zero-order valence-corrected chi connectivity index (χ0v) is 67.7. The van der Waals surface area contributed by atoms with Crippen molar-refractivity contribution in [2.24, 2.45) is 7.05 Å². The molecule has 0 fully saturated rings. The molecule has 12 aromatic carbocycles. The van der Waals surface area contributed by atoms with Gasteiger partial charge in [-0.05, 0) is 151 Å². The van der Waals surface area contributed by atoms with Gasteiger partial charge in [-0.3, -0.25) is 23.7 Å². The average Bonchev–Trinajstić information content (AvgIpc) is 1.65. The fourth-order valence-electron chi connectivity index (χ4n) is 12.9. The van der Waals surface area contributed by atoms with Gasteiger partial charge in [0.15, 0.2) is 0 Å². The van der Waals surface area contributed by atoms with E-state index >= 15 is 0 Å². The van der Waals surface area contributed by atoms with Crippen LogP contribution in [0.3, 0.4) is 0 Å². The maximum absolute atomic E-state index is 7.21. The maximum Gasteiger partial charge on any atom is 1.00 e. The topological polar surface area (TPSA) is 4.93 Å². The Morgan fingerprint density at radius 1 is 0.273 bits per heavy atom. The van der Waals surface area contributed by atoms with Crippen LogP contribution >= 0.6 is 31.7 Å². The van der Waals surface area contributed by atoms with Crippen LogP contribution in [0.1, 0.15) is 59.1 Å². The molecule has 99 heavy (non-hydrogen) atoms. The fourth-order valence-corrected chi connectivity index (χ4v) is 23.7. The second kappa shape index (κ2) is 41.9. The summed E-state index contributed by atoms with van der Waals surface area (Å²) in [7, 11) is -0.851. The van der Waals surface area contributed by atoms with Gasteiger partial charge < -0.3 is 30.3 Å². The quantitative estimate of drug-likeness (QED) is 0.0265. The van der Waals surface area contributed by atoms with Crippen molar-refractivity contribution < 1.29 is 89.5 Å². The molecule has 0 aliphatic heterocycles. The summed E-state index contributed by atoms with van der Waals surface area (Å²) in [6.45, 7) is 0. The number of aromatic nitrogens is 1. The van der Waals surface area contributed by atoms with Gasteiger partial charge in [0, 0.05) is 23.5 Å². The summed E-state index contributed by atoms with van der Waals surface area (Å²) in [4.78, 5) is 0. The van der Waals surface area contributed by atoms with E-state index in [1.54, 1.807) is 0 Å². The summed E-state index contributed by atoms with van der Waals surface area (Å²) in [5.74, 6) is 9.65. The SMILES string of the molecule is [Au+].[Au+].[Au+].[Au+].[C-]#Cc1ccc2c(c1)Cc1ccc(C#[C-])cc1-2.[C-]#Cc1ccc2c(c1)c1ccc(C#[C-])cc1n2C.c1ccc([PH+](CCCC[PH+](c2ccccc2)c2ccccc2)c2ccccc2)cc1.c1ccc([PH+](CCCC[PH+](c2ccccc2)c2ccccc2)c2ccccc2)cc1. The molecule has 0 saturated heterocycles. The molecule has 0 atom stereocenters. The van der Waals surface area contributed by atoms with E-state index in [1.807, 2.05) is 73.8 Å². The van der Waals surface area contributed by atoms with Crippen molar-refractivity contribution in [1.29, 1.82) is 0 Å².